The van der Waals surface area contributed by atoms with Gasteiger partial charge < -0.3 is 0 Å². The SMILES string of the molecule is CC1(F)C(C)(F)S(=O)(=O)OS(=O)(=O)C1(C)F. The first kappa shape index (κ1) is 13.7. The molecular weight excluding hydrogens is 273 g/mol. The van der Waals surface area contributed by atoms with Crippen LogP contribution in [0.3, 0.4) is 0 Å². The summed E-state index contributed by atoms with van der Waals surface area (Å²) in [6.45, 7) is 0.619. The van der Waals surface area contributed by atoms with E-state index in [0.29, 0.717) is 0 Å². The van der Waals surface area contributed by atoms with Crippen LogP contribution in [0.25, 0.3) is 0 Å². The molecule has 0 radical (unpaired) electrons. The lowest BCUT2D eigenvalue weighted by Gasteiger charge is -2.43. The fourth-order valence-corrected chi connectivity index (χ4v) is 4.47. The molecule has 1 aliphatic rings. The molecule has 2 unspecified atom stereocenters. The van der Waals surface area contributed by atoms with E-state index in [4.69, 9.17) is 0 Å². The van der Waals surface area contributed by atoms with Gasteiger partial charge in [-0.25, -0.2) is 13.2 Å². The second-order valence-corrected chi connectivity index (χ2v) is 7.71. The number of alkyl halides is 3. The summed E-state index contributed by atoms with van der Waals surface area (Å²) < 4.78 is 88.7. The Bertz CT molecular complexity index is 470. The van der Waals surface area contributed by atoms with Crippen LogP contribution in [0.1, 0.15) is 20.8 Å². The Balaban J connectivity index is 3.70. The summed E-state index contributed by atoms with van der Waals surface area (Å²) in [6.07, 6.45) is 0. The first-order chi connectivity index (χ1) is 6.71. The van der Waals surface area contributed by atoms with Gasteiger partial charge in [0.15, 0.2) is 0 Å². The molecule has 0 saturated carbocycles. The Morgan fingerprint density at radius 2 is 1.06 bits per heavy atom. The standard InChI is InChI=1S/C6H9F3O5S2/c1-4(7)5(2,8)15(10,11)14-16(12,13)6(4,3)9/h1-3H3. The molecule has 0 amide bonds. The lowest BCUT2D eigenvalue weighted by Crippen LogP contribution is -2.67. The second kappa shape index (κ2) is 2.91. The average molecular weight is 282 g/mol. The van der Waals surface area contributed by atoms with Crippen molar-refractivity contribution in [3.05, 3.63) is 0 Å². The fourth-order valence-electron chi connectivity index (χ4n) is 1.11. The molecule has 1 fully saturated rings. The maximum Gasteiger partial charge on any atom is 0.320 e. The molecule has 1 rings (SSSR count). The first-order valence-electron chi connectivity index (χ1n) is 3.98. The van der Waals surface area contributed by atoms with Gasteiger partial charge >= 0.3 is 20.2 Å². The molecule has 10 heteroatoms. The van der Waals surface area contributed by atoms with Crippen LogP contribution in [0.15, 0.2) is 0 Å². The molecule has 0 aromatic heterocycles. The van der Waals surface area contributed by atoms with E-state index in [1.54, 1.807) is 0 Å². The van der Waals surface area contributed by atoms with Crippen molar-refractivity contribution >= 4 is 20.2 Å². The minimum atomic E-state index is -5.42. The number of rotatable bonds is 0. The number of hydrogen-bond donors (Lipinski definition) is 0. The lowest BCUT2D eigenvalue weighted by molar-refractivity contribution is -0.0515. The van der Waals surface area contributed by atoms with Crippen molar-refractivity contribution in [2.75, 3.05) is 0 Å². The quantitative estimate of drug-likeness (QED) is 0.656. The van der Waals surface area contributed by atoms with E-state index in [2.05, 4.69) is 3.63 Å². The van der Waals surface area contributed by atoms with Crippen LogP contribution in [0, 0.1) is 0 Å². The normalized spacial score (nSPS) is 51.1. The topological polar surface area (TPSA) is 77.5 Å². The maximum atomic E-state index is 13.8. The van der Waals surface area contributed by atoms with Crippen LogP contribution in [0.4, 0.5) is 13.2 Å². The first-order valence-corrected chi connectivity index (χ1v) is 6.79. The largest absolute Gasteiger partial charge is 0.320 e. The van der Waals surface area contributed by atoms with Gasteiger partial charge in [-0.15, -0.1) is 3.63 Å². The molecule has 16 heavy (non-hydrogen) atoms. The van der Waals surface area contributed by atoms with Gasteiger partial charge in [-0.1, -0.05) is 0 Å². The molecule has 1 heterocycles. The molecule has 0 aromatic carbocycles. The van der Waals surface area contributed by atoms with E-state index in [-0.39, 0.29) is 20.8 Å². The van der Waals surface area contributed by atoms with Crippen LogP contribution >= 0.6 is 0 Å². The summed E-state index contributed by atoms with van der Waals surface area (Å²) in [5.74, 6) is 0. The summed E-state index contributed by atoms with van der Waals surface area (Å²) in [6, 6.07) is 0. The zero-order chi connectivity index (χ0) is 13.2. The van der Waals surface area contributed by atoms with Crippen molar-refractivity contribution in [3.8, 4) is 0 Å². The Morgan fingerprint density at radius 3 is 1.31 bits per heavy atom. The third-order valence-corrected chi connectivity index (χ3v) is 6.87. The van der Waals surface area contributed by atoms with Crippen LogP contribution in [-0.2, 0) is 23.9 Å². The zero-order valence-corrected chi connectivity index (χ0v) is 10.1. The van der Waals surface area contributed by atoms with Crippen molar-refractivity contribution in [2.45, 2.75) is 36.4 Å². The summed E-state index contributed by atoms with van der Waals surface area (Å²) in [7, 11) is -10.8. The highest BCUT2D eigenvalue weighted by atomic mass is 32.3. The molecule has 1 aliphatic heterocycles. The highest BCUT2D eigenvalue weighted by Gasteiger charge is 2.76. The monoisotopic (exact) mass is 282 g/mol. The molecule has 0 spiro atoms. The molecule has 96 valence electrons. The van der Waals surface area contributed by atoms with Gasteiger partial charge in [-0.2, -0.15) is 16.8 Å². The third-order valence-electron chi connectivity index (χ3n) is 2.80. The average Bonchev–Trinajstić information content (AvgIpc) is 1.98. The highest BCUT2D eigenvalue weighted by molar-refractivity contribution is 8.01. The van der Waals surface area contributed by atoms with Gasteiger partial charge in [-0.3, -0.25) is 0 Å². The van der Waals surface area contributed by atoms with Crippen molar-refractivity contribution < 1.29 is 33.6 Å². The van der Waals surface area contributed by atoms with Crippen molar-refractivity contribution in [1.29, 1.82) is 0 Å². The summed E-state index contributed by atoms with van der Waals surface area (Å²) in [4.78, 5) is 0. The molecular formula is C6H9F3O5S2. The zero-order valence-electron chi connectivity index (χ0n) is 8.49. The van der Waals surface area contributed by atoms with Gasteiger partial charge in [0.05, 0.1) is 0 Å². The molecule has 0 aromatic rings. The van der Waals surface area contributed by atoms with Gasteiger partial charge in [0, 0.05) is 0 Å². The molecule has 0 bridgehead atoms. The van der Waals surface area contributed by atoms with E-state index >= 15 is 0 Å². The van der Waals surface area contributed by atoms with E-state index in [0.717, 1.165) is 0 Å². The Kier molecular flexibility index (Phi) is 2.49. The molecule has 2 atom stereocenters. The van der Waals surface area contributed by atoms with Gasteiger partial charge in [0.1, 0.15) is 0 Å². The predicted molar refractivity (Wildman–Crippen MR) is 47.5 cm³/mol. The Morgan fingerprint density at radius 1 is 0.812 bits per heavy atom. The van der Waals surface area contributed by atoms with Gasteiger partial charge in [0.25, 0.3) is 10.0 Å². The Hall–Kier alpha value is -0.350. The van der Waals surface area contributed by atoms with E-state index in [1.807, 2.05) is 0 Å². The van der Waals surface area contributed by atoms with Crippen LogP contribution in [-0.4, -0.2) is 32.5 Å². The summed E-state index contributed by atoms with van der Waals surface area (Å²) >= 11 is 0. The second-order valence-electron chi connectivity index (χ2n) is 3.81. The van der Waals surface area contributed by atoms with E-state index in [1.165, 1.54) is 0 Å². The predicted octanol–water partition coefficient (Wildman–Crippen LogP) is 0.776. The van der Waals surface area contributed by atoms with E-state index in [9.17, 15) is 30.0 Å². The van der Waals surface area contributed by atoms with Crippen LogP contribution in [0.5, 0.6) is 0 Å². The summed E-state index contributed by atoms with van der Waals surface area (Å²) in [5, 5.41) is -7.62. The van der Waals surface area contributed by atoms with E-state index < -0.39 is 35.9 Å². The van der Waals surface area contributed by atoms with Crippen molar-refractivity contribution in [3.63, 3.8) is 0 Å². The molecule has 0 N–H and O–H groups in total. The maximum absolute atomic E-state index is 13.8. The highest BCUT2D eigenvalue weighted by Crippen LogP contribution is 2.52. The van der Waals surface area contributed by atoms with Crippen molar-refractivity contribution in [1.82, 2.24) is 0 Å². The number of halogens is 3. The lowest BCUT2D eigenvalue weighted by atomic mass is 9.97. The fraction of sp³-hybridized carbons (Fsp3) is 1.00. The van der Waals surface area contributed by atoms with Crippen LogP contribution < -0.4 is 0 Å². The minimum Gasteiger partial charge on any atom is -0.234 e. The summed E-state index contributed by atoms with van der Waals surface area (Å²) in [5.41, 5.74) is -3.80. The Labute approximate surface area is 90.8 Å². The smallest absolute Gasteiger partial charge is 0.234 e. The van der Waals surface area contributed by atoms with Gasteiger partial charge in [-0.05, 0) is 20.8 Å². The molecule has 0 aliphatic carbocycles. The molecule has 1 saturated heterocycles. The van der Waals surface area contributed by atoms with Gasteiger partial charge in [0.2, 0.25) is 5.67 Å². The molecule has 5 nitrogen and oxygen atoms in total. The third kappa shape index (κ3) is 1.26. The van der Waals surface area contributed by atoms with Crippen molar-refractivity contribution in [2.24, 2.45) is 0 Å². The minimum absolute atomic E-state index is 0.203. The van der Waals surface area contributed by atoms with Crippen LogP contribution in [0.2, 0.25) is 0 Å². The number of hydrogen-bond acceptors (Lipinski definition) is 5.